The summed E-state index contributed by atoms with van der Waals surface area (Å²) in [6, 6.07) is -0.387. The fourth-order valence-electron chi connectivity index (χ4n) is 2.42. The van der Waals surface area contributed by atoms with E-state index < -0.39 is 0 Å². The van der Waals surface area contributed by atoms with Gasteiger partial charge in [0.2, 0.25) is 5.91 Å². The van der Waals surface area contributed by atoms with Crippen LogP contribution in [0.15, 0.2) is 15.5 Å². The number of nitrogens with zero attached hydrogens (tertiary/aromatic N) is 3. The van der Waals surface area contributed by atoms with Gasteiger partial charge in [-0.2, -0.15) is 5.10 Å². The molecule has 1 aromatic rings. The van der Waals surface area contributed by atoms with E-state index >= 15 is 0 Å². The number of carbonyl (C=O) groups excluding carboxylic acids is 1. The summed E-state index contributed by atoms with van der Waals surface area (Å²) >= 11 is 3.30. The van der Waals surface area contributed by atoms with E-state index in [9.17, 15) is 9.59 Å². The average molecular weight is 357 g/mol. The number of likely N-dealkylation sites (tertiary alicyclic amines) is 1. The highest BCUT2D eigenvalue weighted by atomic mass is 79.9. The number of halogens is 1. The van der Waals surface area contributed by atoms with Crippen molar-refractivity contribution >= 4 is 27.5 Å². The van der Waals surface area contributed by atoms with Crippen molar-refractivity contribution in [3.05, 3.63) is 21.0 Å². The fourth-order valence-corrected chi connectivity index (χ4v) is 2.82. The second kappa shape index (κ2) is 6.60. The summed E-state index contributed by atoms with van der Waals surface area (Å²) in [5.74, 6) is 0.0624. The first-order valence-electron chi connectivity index (χ1n) is 7.24. The highest BCUT2D eigenvalue weighted by Gasteiger charge is 2.24. The Morgan fingerprint density at radius 3 is 2.52 bits per heavy atom. The monoisotopic (exact) mass is 356 g/mol. The van der Waals surface area contributed by atoms with Gasteiger partial charge in [0.15, 0.2) is 0 Å². The molecule has 2 heterocycles. The van der Waals surface area contributed by atoms with Gasteiger partial charge in [0.05, 0.1) is 17.9 Å². The molecule has 2 rings (SSSR count). The lowest BCUT2D eigenvalue weighted by Crippen LogP contribution is -2.40. The molecule has 21 heavy (non-hydrogen) atoms. The molecule has 6 nitrogen and oxygen atoms in total. The van der Waals surface area contributed by atoms with Crippen molar-refractivity contribution < 1.29 is 4.79 Å². The van der Waals surface area contributed by atoms with Crippen LogP contribution in [0.2, 0.25) is 0 Å². The standard InChI is InChI=1S/C14H21BrN4O2/c1-9(2)19-14(21)12(15)11(8-16-19)17-10(3)13(20)18-6-4-5-7-18/h8-10,17H,4-7H2,1-3H3. The van der Waals surface area contributed by atoms with Gasteiger partial charge in [-0.25, -0.2) is 4.68 Å². The molecule has 1 aliphatic rings. The minimum Gasteiger partial charge on any atom is -0.372 e. The lowest BCUT2D eigenvalue weighted by molar-refractivity contribution is -0.130. The zero-order valence-corrected chi connectivity index (χ0v) is 14.2. The third-order valence-electron chi connectivity index (χ3n) is 3.59. The van der Waals surface area contributed by atoms with Gasteiger partial charge in [0.25, 0.3) is 5.56 Å². The Morgan fingerprint density at radius 1 is 1.33 bits per heavy atom. The van der Waals surface area contributed by atoms with Crippen LogP contribution in [0.3, 0.4) is 0 Å². The van der Waals surface area contributed by atoms with Crippen molar-refractivity contribution in [3.63, 3.8) is 0 Å². The molecule has 0 saturated carbocycles. The SMILES string of the molecule is CC(Nc1cnn(C(C)C)c(=O)c1Br)C(=O)N1CCCC1. The summed E-state index contributed by atoms with van der Waals surface area (Å²) < 4.78 is 1.81. The first-order chi connectivity index (χ1) is 9.91. The molecule has 1 atom stereocenters. The van der Waals surface area contributed by atoms with E-state index in [2.05, 4.69) is 26.3 Å². The summed E-state index contributed by atoms with van der Waals surface area (Å²) in [5.41, 5.74) is 0.354. The van der Waals surface area contributed by atoms with Crippen LogP contribution < -0.4 is 10.9 Å². The zero-order valence-electron chi connectivity index (χ0n) is 12.6. The fraction of sp³-hybridized carbons (Fsp3) is 0.643. The summed E-state index contributed by atoms with van der Waals surface area (Å²) in [6.07, 6.45) is 3.71. The Balaban J connectivity index is 2.14. The third-order valence-corrected chi connectivity index (χ3v) is 4.36. The smallest absolute Gasteiger partial charge is 0.283 e. The zero-order chi connectivity index (χ0) is 15.6. The summed E-state index contributed by atoms with van der Waals surface area (Å²) in [6.45, 7) is 7.24. The molecule has 1 aliphatic heterocycles. The predicted octanol–water partition coefficient (Wildman–Crippen LogP) is 2.01. The van der Waals surface area contributed by atoms with Crippen molar-refractivity contribution in [1.29, 1.82) is 0 Å². The van der Waals surface area contributed by atoms with Gasteiger partial charge in [-0.15, -0.1) is 0 Å². The Bertz CT molecular complexity index is 579. The Morgan fingerprint density at radius 2 is 1.95 bits per heavy atom. The van der Waals surface area contributed by atoms with E-state index in [1.165, 1.54) is 4.68 Å². The Hall–Kier alpha value is -1.37. The van der Waals surface area contributed by atoms with E-state index in [-0.39, 0.29) is 23.6 Å². The maximum atomic E-state index is 12.3. The molecule has 0 aromatic carbocycles. The number of aromatic nitrogens is 2. The van der Waals surface area contributed by atoms with Gasteiger partial charge < -0.3 is 10.2 Å². The topological polar surface area (TPSA) is 67.2 Å². The van der Waals surface area contributed by atoms with Gasteiger partial charge in [-0.3, -0.25) is 9.59 Å². The van der Waals surface area contributed by atoms with E-state index in [1.54, 1.807) is 13.1 Å². The number of hydrogen-bond donors (Lipinski definition) is 1. The van der Waals surface area contributed by atoms with Gasteiger partial charge >= 0.3 is 0 Å². The minimum atomic E-state index is -0.379. The van der Waals surface area contributed by atoms with Crippen LogP contribution >= 0.6 is 15.9 Å². The van der Waals surface area contributed by atoms with E-state index in [0.717, 1.165) is 25.9 Å². The quantitative estimate of drug-likeness (QED) is 0.895. The molecule has 1 aromatic heterocycles. The molecular weight excluding hydrogens is 336 g/mol. The minimum absolute atomic E-state index is 0.00787. The van der Waals surface area contributed by atoms with Crippen molar-refractivity contribution in [2.75, 3.05) is 18.4 Å². The largest absolute Gasteiger partial charge is 0.372 e. The third kappa shape index (κ3) is 3.45. The molecule has 0 radical (unpaired) electrons. The molecule has 0 bridgehead atoms. The van der Waals surface area contributed by atoms with Crippen molar-refractivity contribution in [2.24, 2.45) is 0 Å². The first-order valence-corrected chi connectivity index (χ1v) is 8.03. The maximum Gasteiger partial charge on any atom is 0.283 e. The van der Waals surface area contributed by atoms with Gasteiger partial charge in [-0.1, -0.05) is 0 Å². The first kappa shape index (κ1) is 16.0. The Labute approximate surface area is 132 Å². The van der Waals surface area contributed by atoms with Gasteiger partial charge in [0, 0.05) is 13.1 Å². The number of rotatable bonds is 4. The number of nitrogens with one attached hydrogen (secondary N) is 1. The molecule has 1 fully saturated rings. The molecule has 0 aliphatic carbocycles. The van der Waals surface area contributed by atoms with Crippen LogP contribution in [0.4, 0.5) is 5.69 Å². The van der Waals surface area contributed by atoms with Crippen LogP contribution in [0.25, 0.3) is 0 Å². The Kier molecular flexibility index (Phi) is 5.03. The summed E-state index contributed by atoms with van der Waals surface area (Å²) in [4.78, 5) is 26.3. The molecule has 1 amide bonds. The van der Waals surface area contributed by atoms with E-state index in [0.29, 0.717) is 10.2 Å². The molecule has 7 heteroatoms. The summed E-state index contributed by atoms with van der Waals surface area (Å²) in [7, 11) is 0. The number of carbonyl (C=O) groups is 1. The molecule has 1 N–H and O–H groups in total. The van der Waals surface area contributed by atoms with Crippen LogP contribution in [-0.4, -0.2) is 39.7 Å². The lowest BCUT2D eigenvalue weighted by atomic mass is 10.2. The van der Waals surface area contributed by atoms with Crippen LogP contribution in [0, 0.1) is 0 Å². The highest BCUT2D eigenvalue weighted by molar-refractivity contribution is 9.10. The van der Waals surface area contributed by atoms with Crippen molar-refractivity contribution in [1.82, 2.24) is 14.7 Å². The molecule has 1 saturated heterocycles. The lowest BCUT2D eigenvalue weighted by Gasteiger charge is -2.22. The van der Waals surface area contributed by atoms with E-state index in [4.69, 9.17) is 0 Å². The normalized spacial score (nSPS) is 16.3. The number of hydrogen-bond acceptors (Lipinski definition) is 4. The van der Waals surface area contributed by atoms with Crippen molar-refractivity contribution in [2.45, 2.75) is 45.7 Å². The van der Waals surface area contributed by atoms with Crippen LogP contribution in [0.5, 0.6) is 0 Å². The number of anilines is 1. The average Bonchev–Trinajstić information content (AvgIpc) is 2.96. The molecule has 116 valence electrons. The molecule has 1 unspecified atom stereocenters. The summed E-state index contributed by atoms with van der Waals surface area (Å²) in [5, 5.41) is 7.22. The van der Waals surface area contributed by atoms with Gasteiger partial charge in [-0.05, 0) is 49.5 Å². The molecular formula is C14H21BrN4O2. The second-order valence-electron chi connectivity index (χ2n) is 5.61. The highest BCUT2D eigenvalue weighted by Crippen LogP contribution is 2.19. The predicted molar refractivity (Wildman–Crippen MR) is 85.5 cm³/mol. The van der Waals surface area contributed by atoms with E-state index in [1.807, 2.05) is 18.7 Å². The second-order valence-corrected chi connectivity index (χ2v) is 6.41. The number of amides is 1. The molecule has 0 spiro atoms. The maximum absolute atomic E-state index is 12.3. The van der Waals surface area contributed by atoms with Crippen LogP contribution in [-0.2, 0) is 4.79 Å². The van der Waals surface area contributed by atoms with Crippen LogP contribution in [0.1, 0.15) is 39.7 Å². The van der Waals surface area contributed by atoms with Crippen molar-refractivity contribution in [3.8, 4) is 0 Å². The van der Waals surface area contributed by atoms with Gasteiger partial charge in [0.1, 0.15) is 10.5 Å².